The van der Waals surface area contributed by atoms with Crippen LogP contribution in [0.25, 0.3) is 0 Å². The Hall–Kier alpha value is -0.680. The highest BCUT2D eigenvalue weighted by Gasteiger charge is 2.29. The number of hydrogen-bond donors (Lipinski definition) is 1. The van der Waals surface area contributed by atoms with Crippen molar-refractivity contribution in [1.29, 1.82) is 0 Å². The molecule has 1 heterocycles. The van der Waals surface area contributed by atoms with Crippen molar-refractivity contribution in [1.82, 2.24) is 9.36 Å². The van der Waals surface area contributed by atoms with Gasteiger partial charge in [-0.3, -0.25) is 0 Å². The number of nitrogens with zero attached hydrogens (tertiary/aromatic N) is 3. The Labute approximate surface area is 107 Å². The van der Waals surface area contributed by atoms with Crippen molar-refractivity contribution in [3.63, 3.8) is 0 Å². The third-order valence-corrected chi connectivity index (χ3v) is 4.14. The van der Waals surface area contributed by atoms with Crippen LogP contribution in [0.4, 0.5) is 5.13 Å². The van der Waals surface area contributed by atoms with Crippen LogP contribution in [0.2, 0.25) is 0 Å². The molecule has 0 aliphatic heterocycles. The molecule has 1 aromatic rings. The lowest BCUT2D eigenvalue weighted by Crippen LogP contribution is -2.38. The zero-order valence-corrected chi connectivity index (χ0v) is 11.5. The predicted octanol–water partition coefficient (Wildman–Crippen LogP) is 2.37. The number of aromatic nitrogens is 2. The molecule has 0 radical (unpaired) electrons. The molecule has 96 valence electrons. The van der Waals surface area contributed by atoms with Crippen LogP contribution in [-0.2, 0) is 0 Å². The van der Waals surface area contributed by atoms with Gasteiger partial charge in [-0.1, -0.05) is 13.8 Å². The Balaban J connectivity index is 2.11. The lowest BCUT2D eigenvalue weighted by molar-refractivity contribution is 0.557. The largest absolute Gasteiger partial charge is 0.343 e. The summed E-state index contributed by atoms with van der Waals surface area (Å²) in [4.78, 5) is 7.02. The molecule has 0 saturated heterocycles. The van der Waals surface area contributed by atoms with Crippen molar-refractivity contribution in [2.24, 2.45) is 5.73 Å². The molecule has 5 heteroatoms. The van der Waals surface area contributed by atoms with E-state index in [-0.39, 0.29) is 0 Å². The summed E-state index contributed by atoms with van der Waals surface area (Å²) < 4.78 is 4.48. The van der Waals surface area contributed by atoms with Crippen molar-refractivity contribution in [2.45, 2.75) is 51.5 Å². The van der Waals surface area contributed by atoms with Crippen LogP contribution < -0.4 is 10.6 Å². The van der Waals surface area contributed by atoms with E-state index in [0.717, 1.165) is 30.3 Å². The minimum Gasteiger partial charge on any atom is -0.343 e. The first-order valence-electron chi connectivity index (χ1n) is 6.60. The summed E-state index contributed by atoms with van der Waals surface area (Å²) in [6.07, 6.45) is 4.79. The van der Waals surface area contributed by atoms with Crippen LogP contribution in [0.5, 0.6) is 0 Å². The second kappa shape index (κ2) is 5.78. The van der Waals surface area contributed by atoms with E-state index >= 15 is 0 Å². The molecule has 1 aliphatic carbocycles. The molecule has 17 heavy (non-hydrogen) atoms. The molecule has 0 amide bonds. The average molecular weight is 254 g/mol. The van der Waals surface area contributed by atoms with Gasteiger partial charge in [-0.05, 0) is 25.7 Å². The second-order valence-corrected chi connectivity index (χ2v) is 5.39. The summed E-state index contributed by atoms with van der Waals surface area (Å²) >= 11 is 1.53. The summed E-state index contributed by atoms with van der Waals surface area (Å²) in [5.74, 6) is 1.69. The van der Waals surface area contributed by atoms with E-state index in [4.69, 9.17) is 5.73 Å². The molecule has 0 atom stereocenters. The second-order valence-electron chi connectivity index (χ2n) is 4.66. The van der Waals surface area contributed by atoms with Gasteiger partial charge in [-0.2, -0.15) is 4.37 Å². The monoisotopic (exact) mass is 254 g/mol. The zero-order valence-electron chi connectivity index (χ0n) is 10.7. The van der Waals surface area contributed by atoms with Gasteiger partial charge in [0.15, 0.2) is 0 Å². The Bertz CT molecular complexity index is 344. The lowest BCUT2D eigenvalue weighted by Gasteiger charge is -2.29. The van der Waals surface area contributed by atoms with Crippen molar-refractivity contribution in [2.75, 3.05) is 18.0 Å². The minimum atomic E-state index is 0.540. The van der Waals surface area contributed by atoms with Gasteiger partial charge < -0.3 is 10.6 Å². The number of anilines is 1. The van der Waals surface area contributed by atoms with Crippen molar-refractivity contribution < 1.29 is 0 Å². The van der Waals surface area contributed by atoms with Gasteiger partial charge in [0.2, 0.25) is 5.13 Å². The summed E-state index contributed by atoms with van der Waals surface area (Å²) in [5, 5.41) is 1.06. The molecule has 0 spiro atoms. The molecule has 1 fully saturated rings. The quantitative estimate of drug-likeness (QED) is 0.811. The van der Waals surface area contributed by atoms with Crippen molar-refractivity contribution >= 4 is 16.7 Å². The van der Waals surface area contributed by atoms with E-state index in [2.05, 4.69) is 28.1 Å². The van der Waals surface area contributed by atoms with E-state index in [0.29, 0.717) is 18.5 Å². The Morgan fingerprint density at radius 1 is 1.41 bits per heavy atom. The van der Waals surface area contributed by atoms with Crippen LogP contribution in [0.15, 0.2) is 0 Å². The molecule has 2 rings (SSSR count). The van der Waals surface area contributed by atoms with Crippen molar-refractivity contribution in [3.05, 3.63) is 5.82 Å². The average Bonchev–Trinajstić information content (AvgIpc) is 3.08. The zero-order chi connectivity index (χ0) is 12.3. The van der Waals surface area contributed by atoms with E-state index in [1.54, 1.807) is 0 Å². The van der Waals surface area contributed by atoms with Gasteiger partial charge in [-0.15, -0.1) is 0 Å². The minimum absolute atomic E-state index is 0.540. The summed E-state index contributed by atoms with van der Waals surface area (Å²) in [6, 6.07) is 0.540. The van der Waals surface area contributed by atoms with E-state index in [9.17, 15) is 0 Å². The van der Waals surface area contributed by atoms with Gasteiger partial charge in [0.05, 0.1) is 0 Å². The lowest BCUT2D eigenvalue weighted by atomic mass is 10.1. The molecule has 1 aliphatic rings. The first kappa shape index (κ1) is 12.8. The van der Waals surface area contributed by atoms with Gasteiger partial charge in [-0.25, -0.2) is 4.98 Å². The maximum absolute atomic E-state index is 5.71. The van der Waals surface area contributed by atoms with Crippen LogP contribution in [0.1, 0.15) is 51.3 Å². The first-order chi connectivity index (χ1) is 8.30. The molecule has 4 nitrogen and oxygen atoms in total. The topological polar surface area (TPSA) is 55.0 Å². The standard InChI is InChI=1S/C12H22N4S/c1-3-10(4-2)16(8-7-13)12-14-11(15-17-12)9-5-6-9/h9-10H,3-8,13H2,1-2H3. The normalized spacial score (nSPS) is 15.5. The van der Waals surface area contributed by atoms with Crippen LogP contribution in [0, 0.1) is 0 Å². The van der Waals surface area contributed by atoms with Crippen molar-refractivity contribution in [3.8, 4) is 0 Å². The third kappa shape index (κ3) is 2.96. The fourth-order valence-corrected chi connectivity index (χ4v) is 3.00. The Kier molecular flexibility index (Phi) is 4.34. The van der Waals surface area contributed by atoms with Gasteiger partial charge >= 0.3 is 0 Å². The fourth-order valence-electron chi connectivity index (χ4n) is 2.15. The maximum Gasteiger partial charge on any atom is 0.205 e. The Morgan fingerprint density at radius 2 is 2.12 bits per heavy atom. The smallest absolute Gasteiger partial charge is 0.205 e. The molecule has 0 unspecified atom stereocenters. The number of nitrogens with two attached hydrogens (primary N) is 1. The molecular weight excluding hydrogens is 232 g/mol. The summed E-state index contributed by atoms with van der Waals surface area (Å²) in [7, 11) is 0. The highest BCUT2D eigenvalue weighted by Crippen LogP contribution is 2.40. The molecular formula is C12H22N4S. The first-order valence-corrected chi connectivity index (χ1v) is 7.37. The molecule has 2 N–H and O–H groups in total. The molecule has 1 saturated carbocycles. The third-order valence-electron chi connectivity index (χ3n) is 3.37. The van der Waals surface area contributed by atoms with Crippen LogP contribution in [-0.4, -0.2) is 28.5 Å². The highest BCUT2D eigenvalue weighted by atomic mass is 32.1. The molecule has 0 aromatic carbocycles. The predicted molar refractivity (Wildman–Crippen MR) is 72.7 cm³/mol. The maximum atomic E-state index is 5.71. The number of hydrogen-bond acceptors (Lipinski definition) is 5. The Morgan fingerprint density at radius 3 is 2.65 bits per heavy atom. The summed E-state index contributed by atoms with van der Waals surface area (Å²) in [5.41, 5.74) is 5.71. The fraction of sp³-hybridized carbons (Fsp3) is 0.833. The van der Waals surface area contributed by atoms with E-state index in [1.807, 2.05) is 0 Å². The SMILES string of the molecule is CCC(CC)N(CCN)c1nc(C2CC2)ns1. The van der Waals surface area contributed by atoms with E-state index < -0.39 is 0 Å². The summed E-state index contributed by atoms with van der Waals surface area (Å²) in [6.45, 7) is 6.00. The van der Waals surface area contributed by atoms with E-state index in [1.165, 1.54) is 24.4 Å². The highest BCUT2D eigenvalue weighted by molar-refractivity contribution is 7.09. The molecule has 1 aromatic heterocycles. The molecule has 0 bridgehead atoms. The number of rotatable bonds is 7. The van der Waals surface area contributed by atoms with Crippen LogP contribution >= 0.6 is 11.5 Å². The van der Waals surface area contributed by atoms with Crippen LogP contribution in [0.3, 0.4) is 0 Å². The van der Waals surface area contributed by atoms with Gasteiger partial charge in [0, 0.05) is 36.6 Å². The van der Waals surface area contributed by atoms with Gasteiger partial charge in [0.25, 0.3) is 0 Å². The van der Waals surface area contributed by atoms with Gasteiger partial charge in [0.1, 0.15) is 5.82 Å².